The molecule has 0 amide bonds. The lowest BCUT2D eigenvalue weighted by Crippen LogP contribution is -2.49. The maximum Gasteiger partial charge on any atom is 0.263 e. The normalized spacial score (nSPS) is 16.5. The van der Waals surface area contributed by atoms with Gasteiger partial charge in [0.15, 0.2) is 23.1 Å². The van der Waals surface area contributed by atoms with E-state index in [2.05, 4.69) is 14.7 Å². The number of nitrogens with zero attached hydrogens (tertiary/aromatic N) is 4. The van der Waals surface area contributed by atoms with E-state index in [4.69, 9.17) is 9.47 Å². The van der Waals surface area contributed by atoms with Crippen molar-refractivity contribution in [2.45, 2.75) is 9.79 Å². The van der Waals surface area contributed by atoms with Crippen LogP contribution in [0.15, 0.2) is 64.6 Å². The average molecular weight is 536 g/mol. The third-order valence-corrected chi connectivity index (χ3v) is 8.97. The molecule has 1 aromatic heterocycles. The van der Waals surface area contributed by atoms with Crippen molar-refractivity contribution in [1.82, 2.24) is 14.3 Å². The number of piperazine rings is 1. The summed E-state index contributed by atoms with van der Waals surface area (Å²) < 4.78 is 79.9. The van der Waals surface area contributed by atoms with Gasteiger partial charge in [0.05, 0.1) is 9.79 Å². The van der Waals surface area contributed by atoms with Gasteiger partial charge in [-0.1, -0.05) is 0 Å². The molecule has 1 fully saturated rings. The summed E-state index contributed by atoms with van der Waals surface area (Å²) in [4.78, 5) is 10.1. The van der Waals surface area contributed by atoms with Crippen LogP contribution in [0, 0.1) is 5.82 Å². The van der Waals surface area contributed by atoms with Crippen LogP contribution < -0.4 is 19.1 Å². The van der Waals surface area contributed by atoms with Crippen molar-refractivity contribution in [3.63, 3.8) is 0 Å². The minimum absolute atomic E-state index is 0.00929. The van der Waals surface area contributed by atoms with Crippen LogP contribution in [0.1, 0.15) is 0 Å². The van der Waals surface area contributed by atoms with Crippen molar-refractivity contribution in [2.75, 3.05) is 49.0 Å². The second kappa shape index (κ2) is 9.52. The van der Waals surface area contributed by atoms with Crippen LogP contribution in [0.4, 0.5) is 16.0 Å². The van der Waals surface area contributed by atoms with Crippen LogP contribution in [0.25, 0.3) is 0 Å². The standard InChI is InChI=1S/C22H22FN5O6S2/c23-16-1-3-17(4-2-16)35(29,30)26-21-22(25-8-7-24-21)27-9-11-28(12-10-27)36(31,32)18-5-6-19-20(15-18)34-14-13-33-19/h1-8,15H,9-14H2,(H,24,26). The predicted molar refractivity (Wildman–Crippen MR) is 128 cm³/mol. The number of hydrogen-bond donors (Lipinski definition) is 1. The number of nitrogens with one attached hydrogen (secondary N) is 1. The van der Waals surface area contributed by atoms with E-state index in [1.807, 2.05) is 0 Å². The largest absolute Gasteiger partial charge is 0.486 e. The molecule has 14 heteroatoms. The highest BCUT2D eigenvalue weighted by atomic mass is 32.2. The summed E-state index contributed by atoms with van der Waals surface area (Å²) in [6.07, 6.45) is 2.76. The molecule has 0 bridgehead atoms. The van der Waals surface area contributed by atoms with Gasteiger partial charge in [-0.25, -0.2) is 31.2 Å². The van der Waals surface area contributed by atoms with Gasteiger partial charge in [0.25, 0.3) is 10.0 Å². The van der Waals surface area contributed by atoms with Crippen molar-refractivity contribution in [1.29, 1.82) is 0 Å². The number of rotatable bonds is 6. The summed E-state index contributed by atoms with van der Waals surface area (Å²) in [5.41, 5.74) is 0. The first kappa shape index (κ1) is 24.2. The third-order valence-electron chi connectivity index (χ3n) is 5.72. The summed E-state index contributed by atoms with van der Waals surface area (Å²) in [5, 5.41) is 0. The van der Waals surface area contributed by atoms with E-state index in [0.717, 1.165) is 24.3 Å². The van der Waals surface area contributed by atoms with Gasteiger partial charge in [0.2, 0.25) is 10.0 Å². The van der Waals surface area contributed by atoms with Gasteiger partial charge >= 0.3 is 0 Å². The van der Waals surface area contributed by atoms with Crippen LogP contribution in [-0.4, -0.2) is 70.5 Å². The number of sulfonamides is 2. The highest BCUT2D eigenvalue weighted by molar-refractivity contribution is 7.92. The minimum Gasteiger partial charge on any atom is -0.486 e. The van der Waals surface area contributed by atoms with E-state index in [1.165, 1.54) is 28.8 Å². The summed E-state index contributed by atoms with van der Waals surface area (Å²) >= 11 is 0. The van der Waals surface area contributed by atoms with Gasteiger partial charge < -0.3 is 14.4 Å². The summed E-state index contributed by atoms with van der Waals surface area (Å²) in [5.74, 6) is 0.588. The fraction of sp³-hybridized carbons (Fsp3) is 0.273. The van der Waals surface area contributed by atoms with Crippen molar-refractivity contribution in [2.24, 2.45) is 0 Å². The lowest BCUT2D eigenvalue weighted by Gasteiger charge is -2.35. The Morgan fingerprint density at radius 1 is 0.806 bits per heavy atom. The fourth-order valence-corrected chi connectivity index (χ4v) is 6.36. The Morgan fingerprint density at radius 2 is 1.44 bits per heavy atom. The Balaban J connectivity index is 1.31. The molecule has 2 aromatic carbocycles. The van der Waals surface area contributed by atoms with Crippen LogP contribution in [0.2, 0.25) is 0 Å². The molecular formula is C22H22FN5O6S2. The van der Waals surface area contributed by atoms with Gasteiger partial charge in [-0.05, 0) is 36.4 Å². The number of benzene rings is 2. The molecule has 5 rings (SSSR count). The highest BCUT2D eigenvalue weighted by Gasteiger charge is 2.31. The van der Waals surface area contributed by atoms with Crippen molar-refractivity contribution >= 4 is 31.7 Å². The van der Waals surface area contributed by atoms with Gasteiger partial charge in [0.1, 0.15) is 19.0 Å². The first-order valence-corrected chi connectivity index (χ1v) is 13.9. The molecule has 0 unspecified atom stereocenters. The molecule has 2 aliphatic rings. The van der Waals surface area contributed by atoms with E-state index >= 15 is 0 Å². The molecule has 3 aromatic rings. The number of fused-ring (bicyclic) bond motifs is 1. The summed E-state index contributed by atoms with van der Waals surface area (Å²) in [6, 6.07) is 8.92. The molecule has 1 N–H and O–H groups in total. The zero-order valence-corrected chi connectivity index (χ0v) is 20.5. The quantitative estimate of drug-likeness (QED) is 0.501. The van der Waals surface area contributed by atoms with Crippen LogP contribution in [-0.2, 0) is 20.0 Å². The van der Waals surface area contributed by atoms with E-state index in [9.17, 15) is 21.2 Å². The molecular weight excluding hydrogens is 513 g/mol. The van der Waals surface area contributed by atoms with E-state index in [0.29, 0.717) is 24.7 Å². The fourth-order valence-electron chi connectivity index (χ4n) is 3.91. The smallest absolute Gasteiger partial charge is 0.263 e. The maximum absolute atomic E-state index is 13.2. The summed E-state index contributed by atoms with van der Waals surface area (Å²) in [7, 11) is -7.83. The van der Waals surface area contributed by atoms with Crippen molar-refractivity contribution in [3.8, 4) is 11.5 Å². The number of anilines is 2. The predicted octanol–water partition coefficient (Wildman–Crippen LogP) is 1.70. The Kier molecular flexibility index (Phi) is 6.40. The second-order valence-electron chi connectivity index (χ2n) is 7.98. The van der Waals surface area contributed by atoms with E-state index < -0.39 is 25.9 Å². The Bertz CT molecular complexity index is 1480. The van der Waals surface area contributed by atoms with E-state index in [1.54, 1.807) is 11.0 Å². The number of halogens is 1. The average Bonchev–Trinajstić information content (AvgIpc) is 2.89. The molecule has 0 aliphatic carbocycles. The van der Waals surface area contributed by atoms with Crippen molar-refractivity contribution < 1.29 is 30.7 Å². The molecule has 11 nitrogen and oxygen atoms in total. The molecule has 36 heavy (non-hydrogen) atoms. The molecule has 0 radical (unpaired) electrons. The number of ether oxygens (including phenoxy) is 2. The molecule has 0 spiro atoms. The number of hydrogen-bond acceptors (Lipinski definition) is 9. The Hall–Kier alpha value is -3.49. The van der Waals surface area contributed by atoms with Crippen LogP contribution in [0.3, 0.4) is 0 Å². The van der Waals surface area contributed by atoms with Crippen LogP contribution in [0.5, 0.6) is 11.5 Å². The molecule has 190 valence electrons. The maximum atomic E-state index is 13.2. The SMILES string of the molecule is O=S(=O)(Nc1nccnc1N1CCN(S(=O)(=O)c2ccc3c(c2)OCCO3)CC1)c1ccc(F)cc1. The lowest BCUT2D eigenvalue weighted by molar-refractivity contribution is 0.171. The Morgan fingerprint density at radius 3 is 2.17 bits per heavy atom. The van der Waals surface area contributed by atoms with Gasteiger partial charge in [-0.15, -0.1) is 0 Å². The highest BCUT2D eigenvalue weighted by Crippen LogP contribution is 2.33. The van der Waals surface area contributed by atoms with Gasteiger partial charge in [-0.2, -0.15) is 4.31 Å². The topological polar surface area (TPSA) is 131 Å². The molecule has 1 saturated heterocycles. The minimum atomic E-state index is -4.04. The van der Waals surface area contributed by atoms with Crippen molar-refractivity contribution in [3.05, 3.63) is 60.7 Å². The zero-order chi connectivity index (χ0) is 25.3. The second-order valence-corrected chi connectivity index (χ2v) is 11.6. The van der Waals surface area contributed by atoms with Gasteiger partial charge in [0, 0.05) is 44.6 Å². The summed E-state index contributed by atoms with van der Waals surface area (Å²) in [6.45, 7) is 1.57. The molecule has 2 aliphatic heterocycles. The molecule has 3 heterocycles. The lowest BCUT2D eigenvalue weighted by atomic mass is 10.3. The third kappa shape index (κ3) is 4.79. The number of aromatic nitrogens is 2. The zero-order valence-electron chi connectivity index (χ0n) is 18.9. The van der Waals surface area contributed by atoms with E-state index in [-0.39, 0.29) is 47.6 Å². The molecule has 0 saturated carbocycles. The van der Waals surface area contributed by atoms with Gasteiger partial charge in [-0.3, -0.25) is 4.72 Å². The Labute approximate surface area is 207 Å². The molecule has 0 atom stereocenters. The van der Waals surface area contributed by atoms with Crippen LogP contribution >= 0.6 is 0 Å². The first-order valence-electron chi connectivity index (χ1n) is 11.0. The monoisotopic (exact) mass is 535 g/mol. The first-order chi connectivity index (χ1) is 17.2.